The molecule has 0 saturated heterocycles. The highest BCUT2D eigenvalue weighted by molar-refractivity contribution is 7.98. The Balaban J connectivity index is 1.75. The van der Waals surface area contributed by atoms with Crippen molar-refractivity contribution in [2.45, 2.75) is 23.9 Å². The summed E-state index contributed by atoms with van der Waals surface area (Å²) in [7, 11) is 0. The van der Waals surface area contributed by atoms with Crippen LogP contribution >= 0.6 is 11.8 Å². The fourth-order valence-electron chi connectivity index (χ4n) is 2.75. The van der Waals surface area contributed by atoms with Gasteiger partial charge < -0.3 is 15.4 Å². The number of hydrogen-bond acceptors (Lipinski definition) is 8. The van der Waals surface area contributed by atoms with Crippen molar-refractivity contribution >= 4 is 28.7 Å². The Bertz CT molecular complexity index is 1280. The quantitative estimate of drug-likeness (QED) is 0.293. The first-order valence-electron chi connectivity index (χ1n) is 9.19. The summed E-state index contributed by atoms with van der Waals surface area (Å²) in [5, 5.41) is 12.7. The number of halogens is 2. The Hall–Kier alpha value is -3.38. The number of aromatic amines is 1. The van der Waals surface area contributed by atoms with Crippen LogP contribution in [0.5, 0.6) is 0 Å². The number of H-pyrrole nitrogens is 1. The van der Waals surface area contributed by atoms with E-state index in [2.05, 4.69) is 30.2 Å². The average Bonchev–Trinajstić information content (AvgIpc) is 3.28. The van der Waals surface area contributed by atoms with Crippen LogP contribution in [0, 0.1) is 11.6 Å². The third kappa shape index (κ3) is 4.39. The molecule has 4 aromatic rings. The van der Waals surface area contributed by atoms with Crippen LogP contribution in [0.3, 0.4) is 0 Å². The summed E-state index contributed by atoms with van der Waals surface area (Å²) in [6.45, 7) is 1.57. The van der Waals surface area contributed by atoms with E-state index in [0.29, 0.717) is 0 Å². The van der Waals surface area contributed by atoms with E-state index < -0.39 is 17.2 Å². The number of imidazole rings is 1. The lowest BCUT2D eigenvalue weighted by atomic mass is 10.2. The predicted octanol–water partition coefficient (Wildman–Crippen LogP) is 2.26. The van der Waals surface area contributed by atoms with Gasteiger partial charge in [-0.05, 0) is 13.0 Å². The van der Waals surface area contributed by atoms with Gasteiger partial charge in [0, 0.05) is 29.8 Å². The van der Waals surface area contributed by atoms with Gasteiger partial charge in [0.2, 0.25) is 5.82 Å². The monoisotopic (exact) mass is 445 g/mol. The molecule has 3 N–H and O–H groups in total. The van der Waals surface area contributed by atoms with E-state index in [4.69, 9.17) is 0 Å². The molecule has 160 valence electrons. The van der Waals surface area contributed by atoms with Crippen LogP contribution < -0.4 is 10.9 Å². The van der Waals surface area contributed by atoms with Gasteiger partial charge in [-0.3, -0.25) is 9.36 Å². The second-order valence-electron chi connectivity index (χ2n) is 6.64. The molecule has 9 nitrogen and oxygen atoms in total. The van der Waals surface area contributed by atoms with Crippen molar-refractivity contribution in [3.8, 4) is 5.82 Å². The zero-order valence-electron chi connectivity index (χ0n) is 16.2. The van der Waals surface area contributed by atoms with Crippen LogP contribution in [0.4, 0.5) is 14.6 Å². The Morgan fingerprint density at radius 2 is 2.13 bits per heavy atom. The Morgan fingerprint density at radius 1 is 1.29 bits per heavy atom. The van der Waals surface area contributed by atoms with Crippen molar-refractivity contribution in [3.63, 3.8) is 0 Å². The number of fused-ring (bicyclic) bond motifs is 1. The molecular weight excluding hydrogens is 428 g/mol. The summed E-state index contributed by atoms with van der Waals surface area (Å²) in [6.07, 6.45) is 4.52. The van der Waals surface area contributed by atoms with Gasteiger partial charge >= 0.3 is 0 Å². The minimum Gasteiger partial charge on any atom is -0.394 e. The van der Waals surface area contributed by atoms with Crippen molar-refractivity contribution in [3.05, 3.63) is 64.5 Å². The van der Waals surface area contributed by atoms with E-state index in [1.807, 2.05) is 0 Å². The van der Waals surface area contributed by atoms with Crippen molar-refractivity contribution < 1.29 is 13.9 Å². The molecule has 0 unspecified atom stereocenters. The maximum atomic E-state index is 14.0. The van der Waals surface area contributed by atoms with Gasteiger partial charge in [0.15, 0.2) is 33.8 Å². The molecule has 31 heavy (non-hydrogen) atoms. The zero-order chi connectivity index (χ0) is 22.0. The maximum absolute atomic E-state index is 14.0. The lowest BCUT2D eigenvalue weighted by molar-refractivity contribution is 0.281. The minimum atomic E-state index is -0.933. The average molecular weight is 445 g/mol. The van der Waals surface area contributed by atoms with E-state index in [1.165, 1.54) is 29.2 Å². The van der Waals surface area contributed by atoms with Crippen LogP contribution in [0.2, 0.25) is 0 Å². The first kappa shape index (κ1) is 20.9. The third-order valence-electron chi connectivity index (χ3n) is 4.31. The number of hydrogen-bond donors (Lipinski definition) is 3. The Labute approximate surface area is 178 Å². The van der Waals surface area contributed by atoms with Gasteiger partial charge in [-0.2, -0.15) is 0 Å². The molecule has 3 aromatic heterocycles. The topological polar surface area (TPSA) is 122 Å². The van der Waals surface area contributed by atoms with Crippen LogP contribution in [0.15, 0.2) is 46.9 Å². The van der Waals surface area contributed by atoms with Gasteiger partial charge in [0.05, 0.1) is 6.61 Å². The summed E-state index contributed by atoms with van der Waals surface area (Å²) in [5.74, 6) is -1.42. The van der Waals surface area contributed by atoms with Gasteiger partial charge in [0.25, 0.3) is 5.56 Å². The molecule has 4 rings (SSSR count). The lowest BCUT2D eigenvalue weighted by Gasteiger charge is -2.14. The van der Waals surface area contributed by atoms with Gasteiger partial charge in [0.1, 0.15) is 6.33 Å². The molecule has 12 heteroatoms. The summed E-state index contributed by atoms with van der Waals surface area (Å²) < 4.78 is 28.9. The molecule has 0 radical (unpaired) electrons. The van der Waals surface area contributed by atoms with Crippen LogP contribution in [0.1, 0.15) is 12.5 Å². The number of nitrogens with zero attached hydrogens (tertiary/aromatic N) is 5. The van der Waals surface area contributed by atoms with Crippen molar-refractivity contribution in [1.29, 1.82) is 0 Å². The Kier molecular flexibility index (Phi) is 5.91. The van der Waals surface area contributed by atoms with E-state index in [-0.39, 0.29) is 51.9 Å². The number of nitrogens with one attached hydrogen (secondary N) is 2. The van der Waals surface area contributed by atoms with Crippen LogP contribution in [-0.2, 0) is 5.75 Å². The van der Waals surface area contributed by atoms with Crippen molar-refractivity contribution in [1.82, 2.24) is 29.5 Å². The van der Waals surface area contributed by atoms with Crippen molar-refractivity contribution in [2.24, 2.45) is 0 Å². The molecule has 0 spiro atoms. The summed E-state index contributed by atoms with van der Waals surface area (Å²) in [5.41, 5.74) is 0.120. The molecule has 1 aromatic carbocycles. The molecule has 0 saturated carbocycles. The number of benzene rings is 1. The first-order valence-corrected chi connectivity index (χ1v) is 10.2. The van der Waals surface area contributed by atoms with Gasteiger partial charge in [-0.25, -0.2) is 28.7 Å². The zero-order valence-corrected chi connectivity index (χ0v) is 17.0. The standard InChI is InChI=1S/C19H17F2N7O2S/c1-10(7-29)23-15-14-16(25-18(30)17(24-14)28-6-5-22-9-28)27-19(26-15)31-8-11-3-2-4-12(20)13(11)21/h2-6,9-10,29H,7-8H2,1H3,(H2,23,25,26,27,30)/t10-/m1/s1. The number of aromatic nitrogens is 6. The molecular formula is C19H17F2N7O2S. The molecule has 3 heterocycles. The third-order valence-corrected chi connectivity index (χ3v) is 5.21. The lowest BCUT2D eigenvalue weighted by Crippen LogP contribution is -2.22. The highest BCUT2D eigenvalue weighted by Crippen LogP contribution is 2.26. The molecule has 0 aliphatic carbocycles. The number of thioether (sulfide) groups is 1. The molecule has 0 aliphatic heterocycles. The van der Waals surface area contributed by atoms with Crippen LogP contribution in [0.25, 0.3) is 17.0 Å². The van der Waals surface area contributed by atoms with E-state index >= 15 is 0 Å². The van der Waals surface area contributed by atoms with Crippen molar-refractivity contribution in [2.75, 3.05) is 11.9 Å². The SMILES string of the molecule is C[C@H](CO)Nc1nc(SCc2cccc(F)c2F)nc2[nH]c(=O)c(-n3ccnc3)nc12. The van der Waals surface area contributed by atoms with E-state index in [9.17, 15) is 18.7 Å². The summed E-state index contributed by atoms with van der Waals surface area (Å²) in [6, 6.07) is 3.58. The summed E-state index contributed by atoms with van der Waals surface area (Å²) in [4.78, 5) is 32.2. The molecule has 1 atom stereocenters. The number of rotatable bonds is 7. The van der Waals surface area contributed by atoms with E-state index in [0.717, 1.165) is 17.8 Å². The minimum absolute atomic E-state index is 0.0782. The highest BCUT2D eigenvalue weighted by atomic mass is 32.2. The second kappa shape index (κ2) is 8.78. The van der Waals surface area contributed by atoms with Crippen LogP contribution in [-0.4, -0.2) is 47.2 Å². The fraction of sp³-hybridized carbons (Fsp3) is 0.211. The first-order chi connectivity index (χ1) is 15.0. The smallest absolute Gasteiger partial charge is 0.293 e. The molecule has 0 fully saturated rings. The number of anilines is 1. The predicted molar refractivity (Wildman–Crippen MR) is 111 cm³/mol. The Morgan fingerprint density at radius 3 is 2.87 bits per heavy atom. The summed E-state index contributed by atoms with van der Waals surface area (Å²) >= 11 is 1.07. The number of aliphatic hydroxyl groups excluding tert-OH is 1. The van der Waals surface area contributed by atoms with Gasteiger partial charge in [-0.15, -0.1) is 0 Å². The second-order valence-corrected chi connectivity index (χ2v) is 7.58. The maximum Gasteiger partial charge on any atom is 0.293 e. The molecule has 0 bridgehead atoms. The number of aliphatic hydroxyl groups is 1. The van der Waals surface area contributed by atoms with Gasteiger partial charge in [-0.1, -0.05) is 23.9 Å². The van der Waals surface area contributed by atoms with E-state index in [1.54, 1.807) is 13.1 Å². The normalized spacial score (nSPS) is 12.3. The highest BCUT2D eigenvalue weighted by Gasteiger charge is 2.17. The molecule has 0 amide bonds. The molecule has 0 aliphatic rings. The fourth-order valence-corrected chi connectivity index (χ4v) is 3.57. The largest absolute Gasteiger partial charge is 0.394 e.